The van der Waals surface area contributed by atoms with E-state index in [1.54, 1.807) is 24.3 Å². The molecule has 2 amide bonds. The van der Waals surface area contributed by atoms with Gasteiger partial charge in [-0.1, -0.05) is 12.1 Å². The zero-order chi connectivity index (χ0) is 31.4. The maximum atomic E-state index is 12.9. The van der Waals surface area contributed by atoms with Gasteiger partial charge < -0.3 is 10.6 Å². The molecule has 0 saturated heterocycles. The number of anilines is 4. The first-order chi connectivity index (χ1) is 21.2. The van der Waals surface area contributed by atoms with Gasteiger partial charge in [0.05, 0.1) is 22.1 Å². The second-order valence-corrected chi connectivity index (χ2v) is 9.58. The summed E-state index contributed by atoms with van der Waals surface area (Å²) in [4.78, 5) is 34.6. The quantitative estimate of drug-likeness (QED) is 0.114. The van der Waals surface area contributed by atoms with Gasteiger partial charge in [-0.25, -0.2) is 9.97 Å². The first-order valence-corrected chi connectivity index (χ1v) is 13.0. The second-order valence-electron chi connectivity index (χ2n) is 9.58. The number of amides is 2. The third kappa shape index (κ3) is 5.85. The molecule has 0 saturated carbocycles. The molecule has 0 unspecified atom stereocenters. The normalized spacial score (nSPS) is 11.6. The zero-order valence-corrected chi connectivity index (χ0v) is 23.9. The number of nitrogens with one attached hydrogen (secondary N) is 6. The Bertz CT molecular complexity index is 1940. The fourth-order valence-corrected chi connectivity index (χ4v) is 4.45. The largest absolute Gasteiger partial charge is 0.318 e. The minimum atomic E-state index is -0.850. The summed E-state index contributed by atoms with van der Waals surface area (Å²) in [6.07, 6.45) is 0. The van der Waals surface area contributed by atoms with Crippen molar-refractivity contribution in [2.45, 2.75) is 27.7 Å². The molecule has 4 aromatic heterocycles. The number of fused-ring (bicyclic) bond motifs is 2. The van der Waals surface area contributed by atoms with E-state index in [4.69, 9.17) is 0 Å². The van der Waals surface area contributed by atoms with E-state index in [0.29, 0.717) is 33.7 Å². The Balaban J connectivity index is 1.30. The van der Waals surface area contributed by atoms with Crippen LogP contribution in [0.5, 0.6) is 0 Å². The van der Waals surface area contributed by atoms with E-state index in [-0.39, 0.29) is 11.4 Å². The molecule has 218 valence electrons. The molecule has 6 N–H and O–H groups in total. The van der Waals surface area contributed by atoms with Crippen molar-refractivity contribution in [3.05, 3.63) is 58.9 Å². The summed E-state index contributed by atoms with van der Waals surface area (Å²) in [6.45, 7) is 7.44. The minimum Gasteiger partial charge on any atom is -0.318 e. The van der Waals surface area contributed by atoms with E-state index < -0.39 is 23.2 Å². The summed E-state index contributed by atoms with van der Waals surface area (Å²) >= 11 is 0. The van der Waals surface area contributed by atoms with E-state index in [0.717, 1.165) is 22.5 Å². The molecule has 5 rings (SSSR count). The van der Waals surface area contributed by atoms with E-state index in [1.165, 1.54) is 12.1 Å². The van der Waals surface area contributed by atoms with Gasteiger partial charge >= 0.3 is 0 Å². The maximum absolute atomic E-state index is 12.9. The summed E-state index contributed by atoms with van der Waals surface area (Å²) in [7, 11) is 0. The number of hydrogen-bond acceptors (Lipinski definition) is 12. The van der Waals surface area contributed by atoms with Crippen LogP contribution in [-0.4, -0.2) is 53.6 Å². The van der Waals surface area contributed by atoms with Gasteiger partial charge in [0.1, 0.15) is 12.1 Å². The molecule has 0 aliphatic rings. The number of hydrazone groups is 2. The number of carbonyl (C=O) groups excluding carboxylic acids is 2. The molecule has 16 heteroatoms. The minimum absolute atomic E-state index is 0.151. The molecule has 44 heavy (non-hydrogen) atoms. The van der Waals surface area contributed by atoms with Crippen molar-refractivity contribution in [2.75, 3.05) is 21.5 Å². The first-order valence-electron chi connectivity index (χ1n) is 13.0. The number of H-pyrrole nitrogens is 2. The Morgan fingerprint density at radius 3 is 1.52 bits per heavy atom. The van der Waals surface area contributed by atoms with Gasteiger partial charge in [-0.05, 0) is 63.1 Å². The highest BCUT2D eigenvalue weighted by molar-refractivity contribution is 6.50. The molecule has 0 radical (unpaired) electrons. The number of aryl methyl sites for hydroxylation is 4. The van der Waals surface area contributed by atoms with Crippen LogP contribution >= 0.6 is 0 Å². The molecule has 16 nitrogen and oxygen atoms in total. The Morgan fingerprint density at radius 2 is 1.14 bits per heavy atom. The Kier molecular flexibility index (Phi) is 7.90. The number of aromatic amines is 2. The van der Waals surface area contributed by atoms with Crippen LogP contribution in [0.15, 0.2) is 46.6 Å². The number of para-hydroxylation sites is 2. The van der Waals surface area contributed by atoms with Crippen molar-refractivity contribution in [3.63, 3.8) is 0 Å². The molecular formula is C28H24N14O2. The Morgan fingerprint density at radius 1 is 0.727 bits per heavy atom. The molecular weight excluding hydrogens is 564 g/mol. The number of benzene rings is 1. The predicted octanol–water partition coefficient (Wildman–Crippen LogP) is 3.32. The van der Waals surface area contributed by atoms with Gasteiger partial charge in [-0.2, -0.15) is 30.9 Å². The predicted molar refractivity (Wildman–Crippen MR) is 164 cm³/mol. The monoisotopic (exact) mass is 588 g/mol. The van der Waals surface area contributed by atoms with Gasteiger partial charge in [0.15, 0.2) is 22.9 Å². The summed E-state index contributed by atoms with van der Waals surface area (Å²) < 4.78 is 0. The van der Waals surface area contributed by atoms with Crippen LogP contribution in [0.1, 0.15) is 22.5 Å². The summed E-state index contributed by atoms with van der Waals surface area (Å²) in [6, 6.07) is 13.5. The van der Waals surface area contributed by atoms with Crippen molar-refractivity contribution >= 4 is 68.3 Å². The van der Waals surface area contributed by atoms with Crippen LogP contribution < -0.4 is 21.5 Å². The SMILES string of the molecule is Cc1cc(C)c2c(N/N=C(\C#N)C(=O)Nc3ccccc3NC(=O)/C(C#N)=N/Nc3[nH]nc4nc(C)cc(C)c34)[nH]nc2n1. The van der Waals surface area contributed by atoms with E-state index >= 15 is 0 Å². The number of carbonyl (C=O) groups is 2. The number of aromatic nitrogens is 6. The number of hydrogen-bond donors (Lipinski definition) is 6. The molecule has 5 aromatic rings. The van der Waals surface area contributed by atoms with Crippen LogP contribution in [0, 0.1) is 50.4 Å². The van der Waals surface area contributed by atoms with Crippen molar-refractivity contribution in [1.29, 1.82) is 10.5 Å². The van der Waals surface area contributed by atoms with Crippen molar-refractivity contribution in [1.82, 2.24) is 30.4 Å². The smallest absolute Gasteiger partial charge is 0.287 e. The highest BCUT2D eigenvalue weighted by atomic mass is 16.2. The van der Waals surface area contributed by atoms with Gasteiger partial charge in [0.2, 0.25) is 11.4 Å². The molecule has 0 aliphatic carbocycles. The highest BCUT2D eigenvalue weighted by Crippen LogP contribution is 2.25. The van der Waals surface area contributed by atoms with Crippen molar-refractivity contribution in [3.8, 4) is 12.1 Å². The third-order valence-corrected chi connectivity index (χ3v) is 6.32. The van der Waals surface area contributed by atoms with Gasteiger partial charge in [0, 0.05) is 11.4 Å². The third-order valence-electron chi connectivity index (χ3n) is 6.32. The lowest BCUT2D eigenvalue weighted by molar-refractivity contribution is -0.111. The highest BCUT2D eigenvalue weighted by Gasteiger charge is 2.18. The summed E-state index contributed by atoms with van der Waals surface area (Å²) in [5, 5.41) is 47.3. The van der Waals surface area contributed by atoms with Crippen molar-refractivity contribution in [2.24, 2.45) is 10.2 Å². The Labute approximate surface area is 249 Å². The maximum Gasteiger partial charge on any atom is 0.287 e. The van der Waals surface area contributed by atoms with Crippen LogP contribution in [0.25, 0.3) is 22.1 Å². The van der Waals surface area contributed by atoms with Gasteiger partial charge in [0.25, 0.3) is 11.8 Å². The van der Waals surface area contributed by atoms with Crippen LogP contribution in [0.2, 0.25) is 0 Å². The lowest BCUT2D eigenvalue weighted by atomic mass is 10.2. The number of rotatable bonds is 8. The van der Waals surface area contributed by atoms with Crippen LogP contribution in [0.4, 0.5) is 23.0 Å². The zero-order valence-electron chi connectivity index (χ0n) is 23.9. The number of pyridine rings is 2. The summed E-state index contributed by atoms with van der Waals surface area (Å²) in [5.74, 6) is -0.977. The van der Waals surface area contributed by atoms with Crippen molar-refractivity contribution < 1.29 is 9.59 Å². The standard InChI is InChI=1S/C28H24N14O2/c1-13-9-15(3)31-23-21(13)25(41-37-23)39-35-19(11-29)27(43)33-17-7-5-6-8-18(17)34-28(44)20(12-30)36-40-26-22-14(2)10-16(4)32-24(22)38-42-26/h5-10H,1-4H3,(H,33,43)(H,34,44)(H2,31,37,39,41)(H2,32,38,40,42)/b35-19+,36-20+. The fraction of sp³-hybridized carbons (Fsp3) is 0.143. The molecule has 0 spiro atoms. The van der Waals surface area contributed by atoms with Crippen LogP contribution in [0.3, 0.4) is 0 Å². The van der Waals surface area contributed by atoms with Crippen LogP contribution in [-0.2, 0) is 9.59 Å². The van der Waals surface area contributed by atoms with E-state index in [2.05, 4.69) is 62.1 Å². The molecule has 0 aliphatic heterocycles. The molecule has 0 fully saturated rings. The second kappa shape index (κ2) is 12.0. The van der Waals surface area contributed by atoms with Gasteiger partial charge in [-0.3, -0.25) is 30.6 Å². The molecule has 1 aromatic carbocycles. The molecule has 4 heterocycles. The average Bonchev–Trinajstić information content (AvgIpc) is 3.59. The Hall–Kier alpha value is -6.68. The van der Waals surface area contributed by atoms with Gasteiger partial charge in [-0.15, -0.1) is 0 Å². The van der Waals surface area contributed by atoms with E-state index in [9.17, 15) is 20.1 Å². The lowest BCUT2D eigenvalue weighted by Gasteiger charge is -2.11. The molecule has 0 bridgehead atoms. The molecule has 0 atom stereocenters. The topological polar surface area (TPSA) is 238 Å². The fourth-order valence-electron chi connectivity index (χ4n) is 4.45. The number of nitriles is 2. The summed E-state index contributed by atoms with van der Waals surface area (Å²) in [5.41, 5.74) is 8.89. The average molecular weight is 589 g/mol. The lowest BCUT2D eigenvalue weighted by Crippen LogP contribution is -2.26. The van der Waals surface area contributed by atoms with E-state index in [1.807, 2.05) is 39.8 Å². The number of nitrogens with zero attached hydrogens (tertiary/aromatic N) is 8. The first kappa shape index (κ1) is 28.8.